The normalized spacial score (nSPS) is 12.2. The number of halogens is 3. The molecule has 0 aliphatic carbocycles. The van der Waals surface area contributed by atoms with Gasteiger partial charge in [-0.1, -0.05) is 18.2 Å². The zero-order valence-corrected chi connectivity index (χ0v) is 13.8. The van der Waals surface area contributed by atoms with Crippen molar-refractivity contribution in [3.63, 3.8) is 0 Å². The molecule has 2 aromatic rings. The third-order valence-corrected chi connectivity index (χ3v) is 4.31. The number of amides is 1. The van der Waals surface area contributed by atoms with E-state index in [0.717, 1.165) is 6.07 Å². The van der Waals surface area contributed by atoms with Crippen molar-refractivity contribution >= 4 is 26.8 Å². The number of carbonyl (C=O) groups excluding carboxylic acids is 1. The Bertz CT molecular complexity index is 905. The predicted octanol–water partition coefficient (Wildman–Crippen LogP) is 3.08. The van der Waals surface area contributed by atoms with Crippen LogP contribution in [-0.4, -0.2) is 38.8 Å². The summed E-state index contributed by atoms with van der Waals surface area (Å²) in [6.07, 6.45) is 0. The Balaban J connectivity index is 2.76. The van der Waals surface area contributed by atoms with E-state index in [9.17, 15) is 26.4 Å². The minimum atomic E-state index is -5.84. The number of fused-ring (bicyclic) bond motifs is 1. The monoisotopic (exact) mass is 361 g/mol. The van der Waals surface area contributed by atoms with Crippen LogP contribution in [0.2, 0.25) is 0 Å². The molecule has 1 amide bonds. The molecule has 5 nitrogen and oxygen atoms in total. The van der Waals surface area contributed by atoms with E-state index >= 15 is 0 Å². The summed E-state index contributed by atoms with van der Waals surface area (Å²) in [5.74, 6) is -1.03. The van der Waals surface area contributed by atoms with Crippen LogP contribution in [0, 0.1) is 6.92 Å². The van der Waals surface area contributed by atoms with E-state index in [-0.39, 0.29) is 10.9 Å². The fourth-order valence-corrected chi connectivity index (χ4v) is 2.64. The molecular weight excluding hydrogens is 347 g/mol. The molecule has 0 aromatic heterocycles. The Hall–Kier alpha value is -2.29. The second-order valence-corrected chi connectivity index (χ2v) is 6.83. The minimum Gasteiger partial charge on any atom is -0.375 e. The Morgan fingerprint density at radius 1 is 1.12 bits per heavy atom. The van der Waals surface area contributed by atoms with Gasteiger partial charge in [-0.05, 0) is 30.0 Å². The quantitative estimate of drug-likeness (QED) is 0.623. The van der Waals surface area contributed by atoms with Crippen LogP contribution >= 0.6 is 0 Å². The average Bonchev–Trinajstić information content (AvgIpc) is 2.46. The highest BCUT2D eigenvalue weighted by molar-refractivity contribution is 7.88. The predicted molar refractivity (Wildman–Crippen MR) is 82.3 cm³/mol. The number of carbonyl (C=O) groups is 1. The Morgan fingerprint density at radius 2 is 1.75 bits per heavy atom. The van der Waals surface area contributed by atoms with Crippen molar-refractivity contribution in [2.75, 3.05) is 14.1 Å². The topological polar surface area (TPSA) is 63.7 Å². The number of nitrogens with zero attached hydrogens (tertiary/aromatic N) is 1. The van der Waals surface area contributed by atoms with Gasteiger partial charge < -0.3 is 9.08 Å². The first-order chi connectivity index (χ1) is 11.0. The molecule has 0 saturated heterocycles. The Labute approximate surface area is 136 Å². The molecule has 130 valence electrons. The van der Waals surface area contributed by atoms with Crippen LogP contribution in [0.1, 0.15) is 15.9 Å². The molecule has 0 fully saturated rings. The van der Waals surface area contributed by atoms with Crippen LogP contribution in [0.3, 0.4) is 0 Å². The van der Waals surface area contributed by atoms with Gasteiger partial charge in [0.05, 0.1) is 5.56 Å². The molecule has 0 heterocycles. The number of rotatable bonds is 3. The van der Waals surface area contributed by atoms with Crippen LogP contribution in [0.4, 0.5) is 13.2 Å². The largest absolute Gasteiger partial charge is 0.534 e. The van der Waals surface area contributed by atoms with Crippen LogP contribution < -0.4 is 4.18 Å². The lowest BCUT2D eigenvalue weighted by Gasteiger charge is -2.17. The number of hydrogen-bond donors (Lipinski definition) is 0. The van der Waals surface area contributed by atoms with Crippen molar-refractivity contribution in [2.45, 2.75) is 12.4 Å². The van der Waals surface area contributed by atoms with Gasteiger partial charge in [0.2, 0.25) is 0 Å². The molecular formula is C15H14F3NO4S. The molecule has 9 heteroatoms. The summed E-state index contributed by atoms with van der Waals surface area (Å²) in [6.45, 7) is 1.69. The lowest BCUT2D eigenvalue weighted by atomic mass is 9.99. The maximum Gasteiger partial charge on any atom is 0.534 e. The molecule has 0 unspecified atom stereocenters. The fourth-order valence-electron chi connectivity index (χ4n) is 2.17. The molecule has 0 aliphatic rings. The first kappa shape index (κ1) is 18.1. The zero-order valence-electron chi connectivity index (χ0n) is 13.0. The molecule has 2 aromatic carbocycles. The van der Waals surface area contributed by atoms with Crippen LogP contribution in [0.25, 0.3) is 10.8 Å². The second-order valence-electron chi connectivity index (χ2n) is 5.29. The van der Waals surface area contributed by atoms with E-state index in [1.807, 2.05) is 0 Å². The van der Waals surface area contributed by atoms with Gasteiger partial charge >= 0.3 is 15.6 Å². The van der Waals surface area contributed by atoms with E-state index in [2.05, 4.69) is 4.18 Å². The molecule has 0 radical (unpaired) electrons. The van der Waals surface area contributed by atoms with E-state index in [0.29, 0.717) is 10.9 Å². The summed E-state index contributed by atoms with van der Waals surface area (Å²) in [5.41, 5.74) is -4.85. The smallest absolute Gasteiger partial charge is 0.375 e. The fraction of sp³-hybridized carbons (Fsp3) is 0.267. The minimum absolute atomic E-state index is 0.0176. The van der Waals surface area contributed by atoms with Gasteiger partial charge in [0, 0.05) is 19.5 Å². The van der Waals surface area contributed by atoms with E-state index in [1.165, 1.54) is 31.1 Å². The number of alkyl halides is 3. The highest BCUT2D eigenvalue weighted by Crippen LogP contribution is 2.35. The highest BCUT2D eigenvalue weighted by atomic mass is 32.2. The third-order valence-electron chi connectivity index (χ3n) is 3.34. The maximum absolute atomic E-state index is 12.6. The van der Waals surface area contributed by atoms with Crippen molar-refractivity contribution < 1.29 is 30.6 Å². The summed E-state index contributed by atoms with van der Waals surface area (Å²) in [4.78, 5) is 13.5. The lowest BCUT2D eigenvalue weighted by Crippen LogP contribution is -2.28. The Morgan fingerprint density at radius 3 is 2.29 bits per heavy atom. The average molecular weight is 361 g/mol. The van der Waals surface area contributed by atoms with Crippen molar-refractivity contribution in [3.8, 4) is 5.75 Å². The maximum atomic E-state index is 12.6. The standard InChI is InChI=1S/C15H14F3NO4S/c1-9-7-8-11(14(20)19(2)3)13-10(9)5-4-6-12(13)23-24(21,22)15(16,17)18/h4-8H,1-3H3. The van der Waals surface area contributed by atoms with Crippen LogP contribution in [0.15, 0.2) is 30.3 Å². The summed E-state index contributed by atoms with van der Waals surface area (Å²) < 4.78 is 64.7. The van der Waals surface area contributed by atoms with Gasteiger partial charge in [-0.15, -0.1) is 0 Å². The van der Waals surface area contributed by atoms with Gasteiger partial charge in [-0.25, -0.2) is 0 Å². The second kappa shape index (κ2) is 5.97. The molecule has 2 rings (SSSR count). The van der Waals surface area contributed by atoms with Crippen LogP contribution in [-0.2, 0) is 10.1 Å². The highest BCUT2D eigenvalue weighted by Gasteiger charge is 2.48. The molecule has 24 heavy (non-hydrogen) atoms. The SMILES string of the molecule is Cc1ccc(C(=O)N(C)C)c2c(OS(=O)(=O)C(F)(F)F)cccc12. The van der Waals surface area contributed by atoms with E-state index < -0.39 is 27.3 Å². The molecule has 0 spiro atoms. The van der Waals surface area contributed by atoms with Gasteiger partial charge in [0.25, 0.3) is 5.91 Å². The van der Waals surface area contributed by atoms with Gasteiger partial charge in [-0.3, -0.25) is 4.79 Å². The van der Waals surface area contributed by atoms with Crippen molar-refractivity contribution in [1.29, 1.82) is 0 Å². The van der Waals surface area contributed by atoms with Gasteiger partial charge in [0.15, 0.2) is 5.75 Å². The molecule has 0 N–H and O–H groups in total. The van der Waals surface area contributed by atoms with E-state index in [4.69, 9.17) is 0 Å². The van der Waals surface area contributed by atoms with Gasteiger partial charge in [0.1, 0.15) is 0 Å². The molecule has 0 bridgehead atoms. The first-order valence-electron chi connectivity index (χ1n) is 6.70. The summed E-state index contributed by atoms with van der Waals surface area (Å²) >= 11 is 0. The molecule has 0 aliphatic heterocycles. The number of aryl methyl sites for hydroxylation is 1. The summed E-state index contributed by atoms with van der Waals surface area (Å²) in [5, 5.41) is 0.446. The van der Waals surface area contributed by atoms with Gasteiger partial charge in [-0.2, -0.15) is 21.6 Å². The summed E-state index contributed by atoms with van der Waals surface area (Å²) in [6, 6.07) is 7.07. The molecule has 0 saturated carbocycles. The van der Waals surface area contributed by atoms with Crippen molar-refractivity contribution in [2.24, 2.45) is 0 Å². The molecule has 0 atom stereocenters. The van der Waals surface area contributed by atoms with Crippen molar-refractivity contribution in [3.05, 3.63) is 41.5 Å². The lowest BCUT2D eigenvalue weighted by molar-refractivity contribution is -0.0499. The van der Waals surface area contributed by atoms with Crippen molar-refractivity contribution in [1.82, 2.24) is 4.90 Å². The van der Waals surface area contributed by atoms with Crippen LogP contribution in [0.5, 0.6) is 5.75 Å². The first-order valence-corrected chi connectivity index (χ1v) is 8.11. The number of benzene rings is 2. The van der Waals surface area contributed by atoms with E-state index in [1.54, 1.807) is 19.1 Å². The summed E-state index contributed by atoms with van der Waals surface area (Å²) in [7, 11) is -2.89. The zero-order chi connectivity index (χ0) is 18.3. The third kappa shape index (κ3) is 3.16. The Kier molecular flexibility index (Phi) is 4.49. The number of hydrogen-bond acceptors (Lipinski definition) is 4.